The fourth-order valence-electron chi connectivity index (χ4n) is 3.17. The molecule has 2 amide bonds. The Morgan fingerprint density at radius 3 is 2.63 bits per heavy atom. The molecule has 1 aliphatic heterocycles. The van der Waals surface area contributed by atoms with E-state index in [1.165, 1.54) is 6.92 Å². The van der Waals surface area contributed by atoms with Crippen molar-refractivity contribution < 1.29 is 29.3 Å². The summed E-state index contributed by atoms with van der Waals surface area (Å²) < 4.78 is 10.0. The molecule has 0 spiro atoms. The van der Waals surface area contributed by atoms with Crippen LogP contribution in [0.4, 0.5) is 4.79 Å². The number of hydrogen-bond donors (Lipinski definition) is 4. The predicted molar refractivity (Wildman–Crippen MR) is 110 cm³/mol. The van der Waals surface area contributed by atoms with Crippen LogP contribution in [0.2, 0.25) is 0 Å². The Bertz CT molecular complexity index is 952. The summed E-state index contributed by atoms with van der Waals surface area (Å²) in [5.74, 6) is -1.06. The van der Waals surface area contributed by atoms with Crippen molar-refractivity contribution in [3.05, 3.63) is 42.1 Å². The van der Waals surface area contributed by atoms with Crippen molar-refractivity contribution in [3.63, 3.8) is 0 Å². The second-order valence-corrected chi connectivity index (χ2v) is 6.98. The van der Waals surface area contributed by atoms with E-state index in [-0.39, 0.29) is 23.6 Å². The summed E-state index contributed by atoms with van der Waals surface area (Å²) in [5.41, 5.74) is 7.22. The Kier molecular flexibility index (Phi) is 7.56. The minimum atomic E-state index is -0.758. The van der Waals surface area contributed by atoms with Crippen LogP contribution in [0.15, 0.2) is 36.5 Å². The molecular formula is C20H26N4O6. The quantitative estimate of drug-likeness (QED) is 0.293. The summed E-state index contributed by atoms with van der Waals surface area (Å²) in [6.45, 7) is 3.47. The highest BCUT2D eigenvalue weighted by Gasteiger charge is 2.27. The zero-order chi connectivity index (χ0) is 21.0. The van der Waals surface area contributed by atoms with Gasteiger partial charge in [-0.1, -0.05) is 6.07 Å². The van der Waals surface area contributed by atoms with Gasteiger partial charge >= 0.3 is 18.0 Å². The number of nitrogens with two attached hydrogens (primary N) is 1. The number of benzene rings is 1. The Balaban J connectivity index is 0.00000320. The number of urea groups is 1. The molecule has 2 heterocycles. The van der Waals surface area contributed by atoms with Gasteiger partial charge in [-0.25, -0.2) is 14.4 Å². The molecule has 2 aromatic rings. The van der Waals surface area contributed by atoms with Crippen molar-refractivity contribution in [2.45, 2.75) is 45.0 Å². The number of aromatic amines is 1. The number of fused-ring (bicyclic) bond motifs is 1. The van der Waals surface area contributed by atoms with Crippen LogP contribution in [0.5, 0.6) is 5.75 Å². The summed E-state index contributed by atoms with van der Waals surface area (Å²) in [6, 6.07) is 5.85. The van der Waals surface area contributed by atoms with E-state index in [1.807, 2.05) is 25.1 Å². The number of esters is 2. The van der Waals surface area contributed by atoms with E-state index in [0.29, 0.717) is 5.75 Å². The van der Waals surface area contributed by atoms with Gasteiger partial charge in [0.1, 0.15) is 6.23 Å². The van der Waals surface area contributed by atoms with Gasteiger partial charge in [-0.3, -0.25) is 5.73 Å². The fourth-order valence-corrected chi connectivity index (χ4v) is 3.17. The van der Waals surface area contributed by atoms with Crippen LogP contribution in [0, 0.1) is 0 Å². The summed E-state index contributed by atoms with van der Waals surface area (Å²) >= 11 is 0. The maximum absolute atomic E-state index is 12.0. The third kappa shape index (κ3) is 5.82. The number of rotatable bonds is 7. The van der Waals surface area contributed by atoms with Crippen LogP contribution in [-0.2, 0) is 20.7 Å². The standard InChI is InChI=1S/C20H24N4O5.H2O/c1-11-15(24-20(27)23-11)5-3-13-4-6-16-14(9-13)17(10-22-16)29-19(26)8-7-18(25)28-12(2)21;/h4,6-12,15,22H,3,5,21H2,1-2H3,(H2,23,24,27);1H2/b8-7-;. The number of nitrogens with one attached hydrogen (secondary N) is 3. The van der Waals surface area contributed by atoms with E-state index in [0.717, 1.165) is 41.5 Å². The van der Waals surface area contributed by atoms with Gasteiger partial charge in [-0.2, -0.15) is 0 Å². The fraction of sp³-hybridized carbons (Fsp3) is 0.350. The van der Waals surface area contributed by atoms with Crippen molar-refractivity contribution in [1.29, 1.82) is 0 Å². The first kappa shape index (κ1) is 22.9. The maximum atomic E-state index is 12.0. The molecule has 0 saturated carbocycles. The molecule has 1 saturated heterocycles. The normalized spacial score (nSPS) is 19.1. The molecule has 0 bridgehead atoms. The molecule has 7 N–H and O–H groups in total. The lowest BCUT2D eigenvalue weighted by Crippen LogP contribution is -2.31. The first-order valence-corrected chi connectivity index (χ1v) is 9.35. The van der Waals surface area contributed by atoms with E-state index in [4.69, 9.17) is 15.2 Å². The third-order valence-corrected chi connectivity index (χ3v) is 4.60. The summed E-state index contributed by atoms with van der Waals surface area (Å²) in [7, 11) is 0. The van der Waals surface area contributed by atoms with E-state index < -0.39 is 18.2 Å². The van der Waals surface area contributed by atoms with Crippen molar-refractivity contribution in [2.24, 2.45) is 5.73 Å². The molecule has 162 valence electrons. The molecule has 3 atom stereocenters. The summed E-state index contributed by atoms with van der Waals surface area (Å²) in [4.78, 5) is 37.8. The van der Waals surface area contributed by atoms with Gasteiger partial charge in [0.2, 0.25) is 0 Å². The number of H-pyrrole nitrogens is 1. The minimum absolute atomic E-state index is 0. The van der Waals surface area contributed by atoms with Crippen LogP contribution in [0.25, 0.3) is 10.9 Å². The van der Waals surface area contributed by atoms with Crippen LogP contribution in [0.3, 0.4) is 0 Å². The average molecular weight is 418 g/mol. The topological polar surface area (TPSA) is 167 Å². The Labute approximate surface area is 173 Å². The number of hydrogen-bond acceptors (Lipinski definition) is 6. The predicted octanol–water partition coefficient (Wildman–Crippen LogP) is 0.655. The average Bonchev–Trinajstić information content (AvgIpc) is 3.19. The van der Waals surface area contributed by atoms with Gasteiger partial charge in [0.05, 0.1) is 6.04 Å². The molecule has 10 heteroatoms. The highest BCUT2D eigenvalue weighted by molar-refractivity contribution is 5.95. The molecule has 1 aromatic carbocycles. The monoisotopic (exact) mass is 418 g/mol. The van der Waals surface area contributed by atoms with Gasteiger partial charge in [-0.15, -0.1) is 0 Å². The van der Waals surface area contributed by atoms with Crippen LogP contribution in [-0.4, -0.2) is 46.7 Å². The Morgan fingerprint density at radius 2 is 1.97 bits per heavy atom. The molecule has 3 rings (SSSR count). The van der Waals surface area contributed by atoms with Crippen molar-refractivity contribution >= 4 is 28.9 Å². The van der Waals surface area contributed by atoms with Gasteiger partial charge < -0.3 is 30.6 Å². The van der Waals surface area contributed by atoms with Crippen LogP contribution < -0.4 is 21.1 Å². The van der Waals surface area contributed by atoms with E-state index in [1.54, 1.807) is 6.20 Å². The van der Waals surface area contributed by atoms with E-state index >= 15 is 0 Å². The number of carbonyl (C=O) groups is 3. The number of carbonyl (C=O) groups excluding carboxylic acids is 3. The second kappa shape index (κ2) is 9.90. The maximum Gasteiger partial charge on any atom is 0.336 e. The molecule has 30 heavy (non-hydrogen) atoms. The van der Waals surface area contributed by atoms with E-state index in [2.05, 4.69) is 15.6 Å². The van der Waals surface area contributed by atoms with Crippen molar-refractivity contribution in [2.75, 3.05) is 0 Å². The molecule has 1 fully saturated rings. The van der Waals surface area contributed by atoms with Gasteiger partial charge in [-0.05, 0) is 44.4 Å². The summed E-state index contributed by atoms with van der Waals surface area (Å²) in [6.07, 6.45) is 4.33. The molecule has 1 aliphatic rings. The number of amides is 2. The third-order valence-electron chi connectivity index (χ3n) is 4.60. The Hall–Kier alpha value is -3.37. The van der Waals surface area contributed by atoms with Crippen LogP contribution in [0.1, 0.15) is 25.8 Å². The lowest BCUT2D eigenvalue weighted by Gasteiger charge is -2.13. The summed E-state index contributed by atoms with van der Waals surface area (Å²) in [5, 5.41) is 6.48. The molecule has 1 aromatic heterocycles. The number of aryl methyl sites for hydroxylation is 1. The molecule has 0 aliphatic carbocycles. The minimum Gasteiger partial charge on any atom is -0.444 e. The first-order chi connectivity index (χ1) is 13.8. The van der Waals surface area contributed by atoms with Crippen LogP contribution >= 0.6 is 0 Å². The first-order valence-electron chi connectivity index (χ1n) is 9.35. The molecular weight excluding hydrogens is 392 g/mol. The van der Waals surface area contributed by atoms with Gasteiger partial charge in [0, 0.05) is 35.3 Å². The molecule has 0 radical (unpaired) electrons. The zero-order valence-corrected chi connectivity index (χ0v) is 16.7. The molecule has 3 unspecified atom stereocenters. The largest absolute Gasteiger partial charge is 0.444 e. The number of ether oxygens (including phenoxy) is 2. The SMILES string of the molecule is CC(N)OC(=O)/C=C\C(=O)Oc1c[nH]c2ccc(CCC3NC(=O)NC3C)cc12.O. The van der Waals surface area contributed by atoms with Gasteiger partial charge in [0.25, 0.3) is 0 Å². The lowest BCUT2D eigenvalue weighted by molar-refractivity contribution is -0.142. The van der Waals surface area contributed by atoms with Gasteiger partial charge in [0.15, 0.2) is 5.75 Å². The highest BCUT2D eigenvalue weighted by atomic mass is 16.6. The lowest BCUT2D eigenvalue weighted by atomic mass is 10.0. The second-order valence-electron chi connectivity index (χ2n) is 6.98. The number of aromatic nitrogens is 1. The van der Waals surface area contributed by atoms with Crippen molar-refractivity contribution in [1.82, 2.24) is 15.6 Å². The molecule has 10 nitrogen and oxygen atoms in total. The zero-order valence-electron chi connectivity index (χ0n) is 16.7. The smallest absolute Gasteiger partial charge is 0.336 e. The van der Waals surface area contributed by atoms with E-state index in [9.17, 15) is 14.4 Å². The van der Waals surface area contributed by atoms with Crippen molar-refractivity contribution in [3.8, 4) is 5.75 Å². The Morgan fingerprint density at radius 1 is 1.23 bits per heavy atom. The highest BCUT2D eigenvalue weighted by Crippen LogP contribution is 2.27.